The molecule has 5 nitrogen and oxygen atoms in total. The smallest absolute Gasteiger partial charge is 0.228 e. The van der Waals surface area contributed by atoms with Crippen LogP contribution in [-0.4, -0.2) is 19.9 Å². The first kappa shape index (κ1) is 17.5. The van der Waals surface area contributed by atoms with Crippen molar-refractivity contribution in [3.63, 3.8) is 0 Å². The summed E-state index contributed by atoms with van der Waals surface area (Å²) in [6.45, 7) is 4.15. The zero-order valence-corrected chi connectivity index (χ0v) is 16.2. The zero-order chi connectivity index (χ0) is 18.3. The minimum atomic E-state index is -0.920. The molecular weight excluding hydrogens is 346 g/mol. The minimum absolute atomic E-state index is 0.0771. The Morgan fingerprint density at radius 3 is 2.73 bits per heavy atom. The summed E-state index contributed by atoms with van der Waals surface area (Å²) < 4.78 is 13.9. The molecule has 1 atom stereocenters. The fourth-order valence-electron chi connectivity index (χ4n) is 3.98. The number of anilines is 1. The second-order valence-electron chi connectivity index (χ2n) is 7.46. The van der Waals surface area contributed by atoms with Crippen LogP contribution >= 0.6 is 0 Å². The Bertz CT molecular complexity index is 881. The van der Waals surface area contributed by atoms with Gasteiger partial charge >= 0.3 is 0 Å². The molecule has 0 radical (unpaired) electrons. The van der Waals surface area contributed by atoms with Crippen molar-refractivity contribution in [2.45, 2.75) is 57.5 Å². The zero-order valence-electron chi connectivity index (χ0n) is 15.4. The average molecular weight is 372 g/mol. The summed E-state index contributed by atoms with van der Waals surface area (Å²) in [5.41, 5.74) is 5.09. The molecule has 0 bridgehead atoms. The third kappa shape index (κ3) is 3.11. The van der Waals surface area contributed by atoms with Gasteiger partial charge in [0.2, 0.25) is 5.91 Å². The number of nitrogens with one attached hydrogen (secondary N) is 1. The topological polar surface area (TPSA) is 64.0 Å². The van der Waals surface area contributed by atoms with Gasteiger partial charge in [0.25, 0.3) is 0 Å². The van der Waals surface area contributed by atoms with E-state index in [9.17, 15) is 9.00 Å². The largest absolute Gasteiger partial charge is 0.310 e. The molecule has 4 rings (SSSR count). The van der Waals surface area contributed by atoms with E-state index in [-0.39, 0.29) is 11.8 Å². The lowest BCUT2D eigenvalue weighted by atomic mass is 9.88. The van der Waals surface area contributed by atoms with Crippen LogP contribution in [0.3, 0.4) is 0 Å². The number of rotatable bonds is 3. The van der Waals surface area contributed by atoms with E-state index in [0.29, 0.717) is 11.5 Å². The standard InChI is InChI=1S/C20H25N3O2S/c1-13-7-6-10-18(14(13)2)23-19(16-11-26(25)12-17(16)22-23)21-20(24)15-8-4-3-5-9-15/h6-7,10,15H,3-5,8-9,11-12H2,1-2H3,(H,21,24). The molecule has 26 heavy (non-hydrogen) atoms. The van der Waals surface area contributed by atoms with Crippen molar-refractivity contribution in [3.05, 3.63) is 40.6 Å². The number of amides is 1. The number of aromatic nitrogens is 2. The molecule has 1 aromatic heterocycles. The second-order valence-corrected chi connectivity index (χ2v) is 8.91. The minimum Gasteiger partial charge on any atom is -0.310 e. The highest BCUT2D eigenvalue weighted by atomic mass is 32.2. The number of carbonyl (C=O) groups is 1. The van der Waals surface area contributed by atoms with Crippen LogP contribution in [0.4, 0.5) is 5.82 Å². The first-order valence-corrected chi connectivity index (χ1v) is 10.9. The number of hydrogen-bond donors (Lipinski definition) is 1. The highest BCUT2D eigenvalue weighted by Crippen LogP contribution is 2.34. The van der Waals surface area contributed by atoms with Gasteiger partial charge in [0.1, 0.15) is 5.82 Å². The molecule has 1 unspecified atom stereocenters. The molecule has 2 aliphatic rings. The number of nitrogens with zero attached hydrogens (tertiary/aromatic N) is 2. The van der Waals surface area contributed by atoms with E-state index in [2.05, 4.69) is 25.2 Å². The fourth-order valence-corrected chi connectivity index (χ4v) is 5.24. The predicted octanol–water partition coefficient (Wildman–Crippen LogP) is 3.77. The number of aryl methyl sites for hydroxylation is 1. The van der Waals surface area contributed by atoms with Gasteiger partial charge < -0.3 is 5.32 Å². The molecule has 1 amide bonds. The van der Waals surface area contributed by atoms with E-state index >= 15 is 0 Å². The first-order chi connectivity index (χ1) is 12.5. The molecule has 2 aromatic rings. The Labute approximate surface area is 156 Å². The van der Waals surface area contributed by atoms with Crippen LogP contribution < -0.4 is 5.32 Å². The van der Waals surface area contributed by atoms with Crippen LogP contribution in [0.2, 0.25) is 0 Å². The highest BCUT2D eigenvalue weighted by molar-refractivity contribution is 7.83. The van der Waals surface area contributed by atoms with Gasteiger partial charge in [0.05, 0.1) is 22.9 Å². The predicted molar refractivity (Wildman–Crippen MR) is 104 cm³/mol. The third-order valence-corrected chi connectivity index (χ3v) is 6.90. The summed E-state index contributed by atoms with van der Waals surface area (Å²) in [7, 11) is -0.920. The van der Waals surface area contributed by atoms with Gasteiger partial charge in [0.15, 0.2) is 0 Å². The highest BCUT2D eigenvalue weighted by Gasteiger charge is 2.30. The molecule has 1 aliphatic heterocycles. The van der Waals surface area contributed by atoms with Gasteiger partial charge in [-0.3, -0.25) is 9.00 Å². The monoisotopic (exact) mass is 371 g/mol. The molecule has 6 heteroatoms. The van der Waals surface area contributed by atoms with Crippen molar-refractivity contribution in [1.82, 2.24) is 9.78 Å². The van der Waals surface area contributed by atoms with E-state index in [1.54, 1.807) is 0 Å². The Morgan fingerprint density at radius 2 is 1.96 bits per heavy atom. The van der Waals surface area contributed by atoms with Crippen LogP contribution in [-0.2, 0) is 27.1 Å². The van der Waals surface area contributed by atoms with Crippen LogP contribution in [0, 0.1) is 19.8 Å². The maximum Gasteiger partial charge on any atom is 0.228 e. The quantitative estimate of drug-likeness (QED) is 0.893. The molecule has 1 aromatic carbocycles. The van der Waals surface area contributed by atoms with E-state index < -0.39 is 10.8 Å². The Kier molecular flexibility index (Phi) is 4.69. The van der Waals surface area contributed by atoms with E-state index in [1.807, 2.05) is 16.8 Å². The van der Waals surface area contributed by atoms with Crippen LogP contribution in [0.25, 0.3) is 5.69 Å². The summed E-state index contributed by atoms with van der Waals surface area (Å²) in [6, 6.07) is 6.11. The lowest BCUT2D eigenvalue weighted by Gasteiger charge is -2.21. The van der Waals surface area contributed by atoms with Crippen molar-refractivity contribution in [2.75, 3.05) is 5.32 Å². The Hall–Kier alpha value is -1.95. The van der Waals surface area contributed by atoms with Crippen molar-refractivity contribution in [1.29, 1.82) is 0 Å². The van der Waals surface area contributed by atoms with E-state index in [1.165, 1.54) is 12.0 Å². The van der Waals surface area contributed by atoms with Gasteiger partial charge in [-0.25, -0.2) is 4.68 Å². The molecule has 1 fully saturated rings. The SMILES string of the molecule is Cc1cccc(-n2nc3c(c2NC(=O)C2CCCCC2)CS(=O)C3)c1C. The fraction of sp³-hybridized carbons (Fsp3) is 0.500. The van der Waals surface area contributed by atoms with Crippen molar-refractivity contribution < 1.29 is 9.00 Å². The van der Waals surface area contributed by atoms with Crippen LogP contribution in [0.15, 0.2) is 18.2 Å². The van der Waals surface area contributed by atoms with Crippen molar-refractivity contribution in [3.8, 4) is 5.69 Å². The van der Waals surface area contributed by atoms with Crippen molar-refractivity contribution in [2.24, 2.45) is 5.92 Å². The molecule has 1 N–H and O–H groups in total. The summed E-state index contributed by atoms with van der Waals surface area (Å²) >= 11 is 0. The lowest BCUT2D eigenvalue weighted by Crippen LogP contribution is -2.26. The van der Waals surface area contributed by atoms with Gasteiger partial charge in [-0.2, -0.15) is 5.10 Å². The van der Waals surface area contributed by atoms with Crippen LogP contribution in [0.5, 0.6) is 0 Å². The summed E-state index contributed by atoms with van der Waals surface area (Å²) in [6.07, 6.45) is 5.38. The first-order valence-electron chi connectivity index (χ1n) is 9.38. The number of carbonyl (C=O) groups excluding carboxylic acids is 1. The Balaban J connectivity index is 1.73. The van der Waals surface area contributed by atoms with Gasteiger partial charge in [-0.15, -0.1) is 0 Å². The van der Waals surface area contributed by atoms with Gasteiger partial charge in [0, 0.05) is 22.3 Å². The maximum absolute atomic E-state index is 12.9. The normalized spacial score (nSPS) is 20.2. The summed E-state index contributed by atoms with van der Waals surface area (Å²) in [4.78, 5) is 12.9. The molecule has 138 valence electrons. The molecule has 0 saturated heterocycles. The summed E-state index contributed by atoms with van der Waals surface area (Å²) in [5.74, 6) is 1.82. The molecule has 0 spiro atoms. The van der Waals surface area contributed by atoms with E-state index in [0.717, 1.165) is 54.0 Å². The lowest BCUT2D eigenvalue weighted by molar-refractivity contribution is -0.120. The molecule has 2 heterocycles. The molecular formula is C20H25N3O2S. The molecule has 1 aliphatic carbocycles. The third-order valence-electron chi connectivity index (χ3n) is 5.69. The molecule has 1 saturated carbocycles. The number of hydrogen-bond acceptors (Lipinski definition) is 3. The second kappa shape index (κ2) is 6.99. The summed E-state index contributed by atoms with van der Waals surface area (Å²) in [5, 5.41) is 7.87. The average Bonchev–Trinajstić information content (AvgIpc) is 3.15. The van der Waals surface area contributed by atoms with Gasteiger partial charge in [-0.05, 0) is 43.9 Å². The van der Waals surface area contributed by atoms with Gasteiger partial charge in [-0.1, -0.05) is 31.4 Å². The Morgan fingerprint density at radius 1 is 1.19 bits per heavy atom. The number of fused-ring (bicyclic) bond motifs is 1. The number of benzene rings is 1. The van der Waals surface area contributed by atoms with Crippen LogP contribution in [0.1, 0.15) is 54.5 Å². The van der Waals surface area contributed by atoms with Crippen molar-refractivity contribution >= 4 is 22.5 Å². The van der Waals surface area contributed by atoms with E-state index in [4.69, 9.17) is 5.10 Å². The maximum atomic E-state index is 12.9.